The van der Waals surface area contributed by atoms with Crippen molar-refractivity contribution in [3.63, 3.8) is 0 Å². The van der Waals surface area contributed by atoms with E-state index in [9.17, 15) is 9.18 Å². The third kappa shape index (κ3) is 2.27. The van der Waals surface area contributed by atoms with E-state index in [1.807, 2.05) is 30.3 Å². The molecule has 1 heterocycles. The largest absolute Gasteiger partial charge is 0.464 e. The molecule has 0 radical (unpaired) electrons. The Morgan fingerprint density at radius 2 is 1.84 bits per heavy atom. The first-order chi connectivity index (χ1) is 9.24. The monoisotopic (exact) mass is 254 g/mol. The highest BCUT2D eigenvalue weighted by Crippen LogP contribution is 2.14. The van der Waals surface area contributed by atoms with Crippen molar-refractivity contribution in [3.8, 4) is 0 Å². The summed E-state index contributed by atoms with van der Waals surface area (Å²) in [7, 11) is 0. The predicted octanol–water partition coefficient (Wildman–Crippen LogP) is 3.52. The van der Waals surface area contributed by atoms with E-state index in [2.05, 4.69) is 0 Å². The molecule has 0 bridgehead atoms. The number of hydrogen-bond donors (Lipinski definition) is 0. The first-order valence-corrected chi connectivity index (χ1v) is 5.98. The molecule has 3 rings (SSSR count). The summed E-state index contributed by atoms with van der Waals surface area (Å²) < 4.78 is 18.4. The molecular formula is C16H11FO2. The third-order valence-corrected chi connectivity index (χ3v) is 3.05. The molecule has 0 spiro atoms. The van der Waals surface area contributed by atoms with E-state index in [4.69, 9.17) is 4.42 Å². The van der Waals surface area contributed by atoms with Crippen LogP contribution >= 0.6 is 0 Å². The van der Waals surface area contributed by atoms with Crippen LogP contribution in [0.5, 0.6) is 0 Å². The molecule has 0 aliphatic rings. The first-order valence-electron chi connectivity index (χ1n) is 5.98. The van der Waals surface area contributed by atoms with Gasteiger partial charge < -0.3 is 4.42 Å². The van der Waals surface area contributed by atoms with Gasteiger partial charge in [0.05, 0.1) is 11.6 Å². The summed E-state index contributed by atoms with van der Waals surface area (Å²) in [6.45, 7) is 0. The summed E-state index contributed by atoms with van der Waals surface area (Å²) in [4.78, 5) is 12.3. The van der Waals surface area contributed by atoms with Crippen LogP contribution in [0.15, 0.2) is 64.0 Å². The Morgan fingerprint density at radius 1 is 1.05 bits per heavy atom. The van der Waals surface area contributed by atoms with Crippen molar-refractivity contribution in [1.29, 1.82) is 0 Å². The van der Waals surface area contributed by atoms with Gasteiger partial charge in [-0.15, -0.1) is 0 Å². The molecular weight excluding hydrogens is 243 g/mol. The lowest BCUT2D eigenvalue weighted by Crippen LogP contribution is -2.09. The predicted molar refractivity (Wildman–Crippen MR) is 71.7 cm³/mol. The van der Waals surface area contributed by atoms with Crippen LogP contribution < -0.4 is 5.43 Å². The summed E-state index contributed by atoms with van der Waals surface area (Å²) >= 11 is 0. The maximum atomic E-state index is 13.1. The normalized spacial score (nSPS) is 10.8. The summed E-state index contributed by atoms with van der Waals surface area (Å²) in [6.07, 6.45) is 1.92. The van der Waals surface area contributed by atoms with Crippen molar-refractivity contribution < 1.29 is 8.81 Å². The average molecular weight is 254 g/mol. The lowest BCUT2D eigenvalue weighted by atomic mass is 10.1. The molecule has 94 valence electrons. The van der Waals surface area contributed by atoms with Gasteiger partial charge in [0.25, 0.3) is 0 Å². The number of rotatable bonds is 2. The Hall–Kier alpha value is -2.42. The van der Waals surface area contributed by atoms with Crippen LogP contribution in [0.4, 0.5) is 4.39 Å². The van der Waals surface area contributed by atoms with E-state index in [0.29, 0.717) is 17.4 Å². The Bertz CT molecular complexity index is 776. The highest BCUT2D eigenvalue weighted by Gasteiger charge is 2.08. The fourth-order valence-electron chi connectivity index (χ4n) is 2.08. The molecule has 0 saturated carbocycles. The molecule has 0 N–H and O–H groups in total. The van der Waals surface area contributed by atoms with E-state index < -0.39 is 5.82 Å². The van der Waals surface area contributed by atoms with Crippen LogP contribution in [0.2, 0.25) is 0 Å². The quantitative estimate of drug-likeness (QED) is 0.700. The molecule has 0 aliphatic heterocycles. The SMILES string of the molecule is O=c1c(Cc2ccccc2)coc2cc(F)ccc12. The smallest absolute Gasteiger partial charge is 0.196 e. The molecule has 1 aromatic heterocycles. The lowest BCUT2D eigenvalue weighted by Gasteiger charge is -2.02. The van der Waals surface area contributed by atoms with Gasteiger partial charge in [-0.2, -0.15) is 0 Å². The van der Waals surface area contributed by atoms with Gasteiger partial charge in [-0.1, -0.05) is 30.3 Å². The Morgan fingerprint density at radius 3 is 2.63 bits per heavy atom. The lowest BCUT2D eigenvalue weighted by molar-refractivity contribution is 0.582. The van der Waals surface area contributed by atoms with Crippen molar-refractivity contribution in [3.05, 3.63) is 82.0 Å². The molecule has 3 aromatic rings. The maximum absolute atomic E-state index is 13.1. The molecule has 0 amide bonds. The Kier molecular flexibility index (Phi) is 2.88. The van der Waals surface area contributed by atoms with Crippen LogP contribution in [0.1, 0.15) is 11.1 Å². The zero-order valence-electron chi connectivity index (χ0n) is 10.1. The topological polar surface area (TPSA) is 30.2 Å². The summed E-state index contributed by atoms with van der Waals surface area (Å²) in [6, 6.07) is 13.6. The van der Waals surface area contributed by atoms with Crippen LogP contribution in [-0.2, 0) is 6.42 Å². The molecule has 0 unspecified atom stereocenters. The molecule has 2 nitrogen and oxygen atoms in total. The van der Waals surface area contributed by atoms with Gasteiger partial charge >= 0.3 is 0 Å². The van der Waals surface area contributed by atoms with Crippen molar-refractivity contribution in [2.45, 2.75) is 6.42 Å². The second-order valence-corrected chi connectivity index (χ2v) is 4.39. The number of halogens is 1. The molecule has 0 aliphatic carbocycles. The number of hydrogen-bond acceptors (Lipinski definition) is 2. The molecule has 0 fully saturated rings. The minimum Gasteiger partial charge on any atom is -0.464 e. The molecule has 0 saturated heterocycles. The minimum atomic E-state index is -0.411. The standard InChI is InChI=1S/C16H11FO2/c17-13-6-7-14-15(9-13)19-10-12(16(14)18)8-11-4-2-1-3-5-11/h1-7,9-10H,8H2. The molecule has 3 heteroatoms. The van der Waals surface area contributed by atoms with E-state index in [-0.39, 0.29) is 11.0 Å². The van der Waals surface area contributed by atoms with Crippen LogP contribution in [0, 0.1) is 5.82 Å². The summed E-state index contributed by atoms with van der Waals surface area (Å²) in [5.41, 5.74) is 1.79. The number of benzene rings is 2. The van der Waals surface area contributed by atoms with Crippen LogP contribution in [-0.4, -0.2) is 0 Å². The maximum Gasteiger partial charge on any atom is 0.196 e. The molecule has 2 aromatic carbocycles. The van der Waals surface area contributed by atoms with E-state index in [0.717, 1.165) is 5.56 Å². The Balaban J connectivity index is 2.08. The van der Waals surface area contributed by atoms with Gasteiger partial charge in [-0.3, -0.25) is 4.79 Å². The highest BCUT2D eigenvalue weighted by molar-refractivity contribution is 5.76. The Labute approximate surface area is 109 Å². The van der Waals surface area contributed by atoms with Gasteiger partial charge in [0.15, 0.2) is 5.43 Å². The van der Waals surface area contributed by atoms with Gasteiger partial charge in [-0.05, 0) is 17.7 Å². The van der Waals surface area contributed by atoms with Gasteiger partial charge in [0.2, 0.25) is 0 Å². The van der Waals surface area contributed by atoms with Gasteiger partial charge in [0, 0.05) is 18.1 Å². The zero-order chi connectivity index (χ0) is 13.2. The number of fused-ring (bicyclic) bond motifs is 1. The van der Waals surface area contributed by atoms with Crippen LogP contribution in [0.25, 0.3) is 11.0 Å². The third-order valence-electron chi connectivity index (χ3n) is 3.05. The van der Waals surface area contributed by atoms with E-state index >= 15 is 0 Å². The highest BCUT2D eigenvalue weighted by atomic mass is 19.1. The fourth-order valence-corrected chi connectivity index (χ4v) is 2.08. The van der Waals surface area contributed by atoms with Crippen molar-refractivity contribution in [1.82, 2.24) is 0 Å². The van der Waals surface area contributed by atoms with E-state index in [1.54, 1.807) is 0 Å². The van der Waals surface area contributed by atoms with Crippen LogP contribution in [0.3, 0.4) is 0 Å². The average Bonchev–Trinajstić information content (AvgIpc) is 2.43. The first kappa shape index (κ1) is 11.7. The molecule has 19 heavy (non-hydrogen) atoms. The summed E-state index contributed by atoms with van der Waals surface area (Å²) in [5.74, 6) is -0.411. The van der Waals surface area contributed by atoms with E-state index in [1.165, 1.54) is 24.5 Å². The van der Waals surface area contributed by atoms with Crippen molar-refractivity contribution in [2.24, 2.45) is 0 Å². The zero-order valence-corrected chi connectivity index (χ0v) is 10.1. The summed E-state index contributed by atoms with van der Waals surface area (Å²) in [5, 5.41) is 0.412. The van der Waals surface area contributed by atoms with Crippen molar-refractivity contribution >= 4 is 11.0 Å². The second kappa shape index (κ2) is 4.69. The molecule has 0 atom stereocenters. The minimum absolute atomic E-state index is 0.106. The second-order valence-electron chi connectivity index (χ2n) is 4.39. The van der Waals surface area contributed by atoms with Gasteiger partial charge in [-0.25, -0.2) is 4.39 Å². The fraction of sp³-hybridized carbons (Fsp3) is 0.0625. The van der Waals surface area contributed by atoms with Gasteiger partial charge in [0.1, 0.15) is 11.4 Å². The van der Waals surface area contributed by atoms with Crippen molar-refractivity contribution in [2.75, 3.05) is 0 Å².